The van der Waals surface area contributed by atoms with Gasteiger partial charge < -0.3 is 9.64 Å². The summed E-state index contributed by atoms with van der Waals surface area (Å²) in [7, 11) is 1.68. The van der Waals surface area contributed by atoms with Crippen molar-refractivity contribution >= 4 is 5.91 Å². The zero-order valence-corrected chi connectivity index (χ0v) is 14.5. The van der Waals surface area contributed by atoms with E-state index in [2.05, 4.69) is 36.2 Å². The summed E-state index contributed by atoms with van der Waals surface area (Å²) in [5.41, 5.74) is 1.03. The number of rotatable bonds is 7. The Balaban J connectivity index is 1.88. The normalized spacial score (nSPS) is 27.5. The van der Waals surface area contributed by atoms with E-state index in [1.54, 1.807) is 7.11 Å². The van der Waals surface area contributed by atoms with Gasteiger partial charge in [-0.15, -0.1) is 0 Å². The Labute approximate surface area is 139 Å². The molecule has 0 radical (unpaired) electrons. The molecule has 3 rings (SSSR count). The van der Waals surface area contributed by atoms with Crippen LogP contribution in [0.25, 0.3) is 0 Å². The third kappa shape index (κ3) is 3.23. The Morgan fingerprint density at radius 3 is 2.57 bits per heavy atom. The lowest BCUT2D eigenvalue weighted by molar-refractivity contribution is -0.129. The molecule has 2 unspecified atom stereocenters. The predicted molar refractivity (Wildman–Crippen MR) is 91.5 cm³/mol. The third-order valence-electron chi connectivity index (χ3n) is 5.23. The van der Waals surface area contributed by atoms with E-state index in [4.69, 9.17) is 4.74 Å². The van der Waals surface area contributed by atoms with Crippen molar-refractivity contribution in [1.82, 2.24) is 10.2 Å². The number of hydrogen-bond donors (Lipinski definition) is 1. The van der Waals surface area contributed by atoms with E-state index in [1.165, 1.54) is 18.4 Å². The topological polar surface area (TPSA) is 41.6 Å². The molecule has 1 amide bonds. The fourth-order valence-corrected chi connectivity index (χ4v) is 3.56. The molecule has 0 spiro atoms. The lowest BCUT2D eigenvalue weighted by Crippen LogP contribution is -2.52. The maximum Gasteiger partial charge on any atom is 0.224 e. The summed E-state index contributed by atoms with van der Waals surface area (Å²) in [4.78, 5) is 14.7. The number of carbonyl (C=O) groups is 1. The van der Waals surface area contributed by atoms with Crippen LogP contribution in [0.5, 0.6) is 5.75 Å². The standard InChI is InChI=1S/C19H28N2O2/c1-4-5-12-21-17(22)13-19(2,18(21)20-15-8-9-15)14-6-10-16(23-3)11-7-14/h6-7,10-11,15,18,20H,4-5,8-9,12-13H2,1-3H3. The molecule has 1 saturated carbocycles. The van der Waals surface area contributed by atoms with Crippen LogP contribution in [0, 0.1) is 0 Å². The van der Waals surface area contributed by atoms with Crippen molar-refractivity contribution in [1.29, 1.82) is 0 Å². The SMILES string of the molecule is CCCCN1C(=O)CC(C)(c2ccc(OC)cc2)C1NC1CC1. The summed E-state index contributed by atoms with van der Waals surface area (Å²) < 4.78 is 5.27. The van der Waals surface area contributed by atoms with Crippen LogP contribution in [0.4, 0.5) is 0 Å². The maximum absolute atomic E-state index is 12.7. The highest BCUT2D eigenvalue weighted by Gasteiger charge is 2.50. The minimum Gasteiger partial charge on any atom is -0.497 e. The van der Waals surface area contributed by atoms with Gasteiger partial charge in [0.05, 0.1) is 13.3 Å². The van der Waals surface area contributed by atoms with Gasteiger partial charge in [-0.3, -0.25) is 10.1 Å². The van der Waals surface area contributed by atoms with Gasteiger partial charge in [0, 0.05) is 24.4 Å². The predicted octanol–water partition coefficient (Wildman–Crippen LogP) is 3.06. The number of carbonyl (C=O) groups excluding carboxylic acids is 1. The van der Waals surface area contributed by atoms with Crippen molar-refractivity contribution in [3.05, 3.63) is 29.8 Å². The molecule has 1 aliphatic heterocycles. The Morgan fingerprint density at radius 1 is 1.30 bits per heavy atom. The zero-order chi connectivity index (χ0) is 16.4. The molecule has 1 heterocycles. The van der Waals surface area contributed by atoms with Crippen molar-refractivity contribution in [3.63, 3.8) is 0 Å². The molecule has 1 aromatic rings. The quantitative estimate of drug-likeness (QED) is 0.840. The maximum atomic E-state index is 12.7. The van der Waals surface area contributed by atoms with Crippen LogP contribution in [0.3, 0.4) is 0 Å². The molecule has 0 aromatic heterocycles. The molecule has 2 fully saturated rings. The van der Waals surface area contributed by atoms with Gasteiger partial charge in [0.2, 0.25) is 5.91 Å². The Hall–Kier alpha value is -1.55. The van der Waals surface area contributed by atoms with Crippen LogP contribution < -0.4 is 10.1 Å². The highest BCUT2D eigenvalue weighted by Crippen LogP contribution is 2.41. The second-order valence-corrected chi connectivity index (χ2v) is 7.11. The third-order valence-corrected chi connectivity index (χ3v) is 5.23. The minimum atomic E-state index is -0.181. The zero-order valence-electron chi connectivity index (χ0n) is 14.5. The number of benzene rings is 1. The van der Waals surface area contributed by atoms with Crippen molar-refractivity contribution in [2.75, 3.05) is 13.7 Å². The summed E-state index contributed by atoms with van der Waals surface area (Å²) in [6.07, 6.45) is 5.30. The van der Waals surface area contributed by atoms with Gasteiger partial charge >= 0.3 is 0 Å². The van der Waals surface area contributed by atoms with E-state index in [-0.39, 0.29) is 17.5 Å². The van der Waals surface area contributed by atoms with Gasteiger partial charge in [-0.05, 0) is 37.0 Å². The van der Waals surface area contributed by atoms with Crippen LogP contribution in [-0.4, -0.2) is 36.7 Å². The first-order valence-electron chi connectivity index (χ1n) is 8.78. The minimum absolute atomic E-state index is 0.0995. The summed E-state index contributed by atoms with van der Waals surface area (Å²) in [6.45, 7) is 5.25. The van der Waals surface area contributed by atoms with E-state index >= 15 is 0 Å². The first-order valence-corrected chi connectivity index (χ1v) is 8.78. The molecule has 1 aliphatic carbocycles. The Bertz CT molecular complexity index is 553. The van der Waals surface area contributed by atoms with Crippen LogP contribution in [0.1, 0.15) is 51.5 Å². The number of nitrogens with one attached hydrogen (secondary N) is 1. The van der Waals surface area contributed by atoms with Gasteiger partial charge in [0.1, 0.15) is 5.75 Å². The molecule has 4 heteroatoms. The molecule has 1 aromatic carbocycles. The van der Waals surface area contributed by atoms with Crippen molar-refractivity contribution in [2.24, 2.45) is 0 Å². The van der Waals surface area contributed by atoms with Gasteiger partial charge in [0.25, 0.3) is 0 Å². The molecule has 2 atom stereocenters. The molecule has 1 N–H and O–H groups in total. The molecule has 0 bridgehead atoms. The lowest BCUT2D eigenvalue weighted by Gasteiger charge is -2.36. The smallest absolute Gasteiger partial charge is 0.224 e. The first kappa shape index (κ1) is 16.3. The van der Waals surface area contributed by atoms with Gasteiger partial charge in [0.15, 0.2) is 0 Å². The second-order valence-electron chi connectivity index (χ2n) is 7.11. The number of methoxy groups -OCH3 is 1. The molecule has 126 valence electrons. The average molecular weight is 316 g/mol. The molecular weight excluding hydrogens is 288 g/mol. The lowest BCUT2D eigenvalue weighted by atomic mass is 9.79. The second kappa shape index (κ2) is 6.52. The Kier molecular flexibility index (Phi) is 4.62. The molecule has 23 heavy (non-hydrogen) atoms. The van der Waals surface area contributed by atoms with Crippen molar-refractivity contribution in [3.8, 4) is 5.75 Å². The molecule has 1 saturated heterocycles. The number of unbranched alkanes of at least 4 members (excludes halogenated alkanes) is 1. The summed E-state index contributed by atoms with van der Waals surface area (Å²) in [5, 5.41) is 3.73. The van der Waals surface area contributed by atoms with Gasteiger partial charge in [-0.2, -0.15) is 0 Å². The monoisotopic (exact) mass is 316 g/mol. The fourth-order valence-electron chi connectivity index (χ4n) is 3.56. The Morgan fingerprint density at radius 2 is 2.00 bits per heavy atom. The van der Waals surface area contributed by atoms with E-state index < -0.39 is 0 Å². The molecular formula is C19H28N2O2. The van der Waals surface area contributed by atoms with E-state index in [1.807, 2.05) is 12.1 Å². The summed E-state index contributed by atoms with van der Waals surface area (Å²) >= 11 is 0. The number of likely N-dealkylation sites (tertiary alicyclic amines) is 1. The average Bonchev–Trinajstić information content (AvgIpc) is 3.34. The largest absolute Gasteiger partial charge is 0.497 e. The van der Waals surface area contributed by atoms with Crippen molar-refractivity contribution in [2.45, 2.75) is 63.6 Å². The van der Waals surface area contributed by atoms with Crippen LogP contribution in [0.2, 0.25) is 0 Å². The molecule has 2 aliphatic rings. The fraction of sp³-hybridized carbons (Fsp3) is 0.632. The van der Waals surface area contributed by atoms with E-state index in [0.717, 1.165) is 25.1 Å². The van der Waals surface area contributed by atoms with E-state index in [0.29, 0.717) is 12.5 Å². The number of ether oxygens (including phenoxy) is 1. The van der Waals surface area contributed by atoms with Crippen LogP contribution >= 0.6 is 0 Å². The summed E-state index contributed by atoms with van der Waals surface area (Å²) in [6, 6.07) is 8.78. The van der Waals surface area contributed by atoms with Crippen LogP contribution in [0.15, 0.2) is 24.3 Å². The first-order chi connectivity index (χ1) is 11.1. The number of amides is 1. The van der Waals surface area contributed by atoms with Crippen molar-refractivity contribution < 1.29 is 9.53 Å². The van der Waals surface area contributed by atoms with E-state index in [9.17, 15) is 4.79 Å². The number of nitrogens with zero attached hydrogens (tertiary/aromatic N) is 1. The molecule has 4 nitrogen and oxygen atoms in total. The van der Waals surface area contributed by atoms with Gasteiger partial charge in [-0.25, -0.2) is 0 Å². The van der Waals surface area contributed by atoms with Gasteiger partial charge in [-0.1, -0.05) is 32.4 Å². The van der Waals surface area contributed by atoms with Crippen LogP contribution in [-0.2, 0) is 10.2 Å². The highest BCUT2D eigenvalue weighted by molar-refractivity contribution is 5.81. The summed E-state index contributed by atoms with van der Waals surface area (Å²) in [5.74, 6) is 1.13. The highest BCUT2D eigenvalue weighted by atomic mass is 16.5. The number of hydrogen-bond acceptors (Lipinski definition) is 3.